The van der Waals surface area contributed by atoms with Crippen LogP contribution in [0.3, 0.4) is 0 Å². The van der Waals surface area contributed by atoms with Crippen LogP contribution in [0.25, 0.3) is 0 Å². The van der Waals surface area contributed by atoms with Crippen LogP contribution in [0.15, 0.2) is 23.9 Å². The number of hydrogen-bond acceptors (Lipinski definition) is 3. The van der Waals surface area contributed by atoms with Crippen molar-refractivity contribution in [2.45, 2.75) is 6.42 Å². The average molecular weight is 191 g/mol. The van der Waals surface area contributed by atoms with E-state index < -0.39 is 0 Å². The summed E-state index contributed by atoms with van der Waals surface area (Å²) in [6.07, 6.45) is 6.52. The second-order valence-electron chi connectivity index (χ2n) is 3.48. The first-order chi connectivity index (χ1) is 6.77. The molecule has 0 aromatic carbocycles. The number of amides is 1. The lowest BCUT2D eigenvalue weighted by molar-refractivity contribution is -0.122. The summed E-state index contributed by atoms with van der Waals surface area (Å²) in [5, 5.41) is 10.4. The lowest BCUT2D eigenvalue weighted by Crippen LogP contribution is -2.29. The van der Waals surface area contributed by atoms with Crippen molar-refractivity contribution < 1.29 is 4.79 Å². The molecule has 1 amide bonds. The molecule has 2 aliphatic rings. The number of carbonyl (C=O) groups excluding carboxylic acids is 1. The van der Waals surface area contributed by atoms with E-state index in [4.69, 9.17) is 5.41 Å². The Hall–Kier alpha value is -1.58. The third-order valence-electron chi connectivity index (χ3n) is 2.45. The van der Waals surface area contributed by atoms with Gasteiger partial charge in [0.05, 0.1) is 5.71 Å². The Labute approximate surface area is 82.8 Å². The highest BCUT2D eigenvalue weighted by Gasteiger charge is 2.25. The summed E-state index contributed by atoms with van der Waals surface area (Å²) in [7, 11) is 0. The monoisotopic (exact) mass is 191 g/mol. The highest BCUT2D eigenvalue weighted by atomic mass is 16.2. The largest absolute Gasteiger partial charge is 0.387 e. The fourth-order valence-electron chi connectivity index (χ4n) is 1.63. The van der Waals surface area contributed by atoms with Gasteiger partial charge in [-0.05, 0) is 17.8 Å². The predicted octanol–water partition coefficient (Wildman–Crippen LogP) is 0.282. The first-order valence-electron chi connectivity index (χ1n) is 4.73. The minimum absolute atomic E-state index is 0.113. The van der Waals surface area contributed by atoms with Crippen LogP contribution in [-0.2, 0) is 4.79 Å². The Morgan fingerprint density at radius 2 is 2.43 bits per heavy atom. The molecule has 4 heteroatoms. The summed E-state index contributed by atoms with van der Waals surface area (Å²) in [4.78, 5) is 13.1. The number of rotatable bonds is 2. The van der Waals surface area contributed by atoms with Crippen molar-refractivity contribution in [1.82, 2.24) is 10.2 Å². The van der Waals surface area contributed by atoms with Crippen LogP contribution in [-0.4, -0.2) is 36.2 Å². The Morgan fingerprint density at radius 1 is 1.57 bits per heavy atom. The van der Waals surface area contributed by atoms with E-state index in [-0.39, 0.29) is 11.6 Å². The van der Waals surface area contributed by atoms with Gasteiger partial charge in [0.1, 0.15) is 0 Å². The van der Waals surface area contributed by atoms with Crippen molar-refractivity contribution in [2.75, 3.05) is 19.6 Å². The molecular formula is C10H13N3O. The van der Waals surface area contributed by atoms with Gasteiger partial charge in [0.2, 0.25) is 0 Å². The van der Waals surface area contributed by atoms with Crippen molar-refractivity contribution in [3.63, 3.8) is 0 Å². The normalized spacial score (nSPS) is 21.1. The molecule has 0 atom stereocenters. The third-order valence-corrected chi connectivity index (χ3v) is 2.45. The first-order valence-corrected chi connectivity index (χ1v) is 4.73. The molecule has 0 bridgehead atoms. The Balaban J connectivity index is 1.98. The first kappa shape index (κ1) is 8.99. The summed E-state index contributed by atoms with van der Waals surface area (Å²) >= 11 is 0. The Kier molecular flexibility index (Phi) is 2.35. The van der Waals surface area contributed by atoms with E-state index in [0.717, 1.165) is 12.1 Å². The van der Waals surface area contributed by atoms with E-state index in [1.165, 1.54) is 0 Å². The smallest absolute Gasteiger partial charge is 0.267 e. The van der Waals surface area contributed by atoms with Crippen LogP contribution in [0.5, 0.6) is 0 Å². The van der Waals surface area contributed by atoms with Crippen LogP contribution >= 0.6 is 0 Å². The predicted molar refractivity (Wildman–Crippen MR) is 54.1 cm³/mol. The van der Waals surface area contributed by atoms with E-state index in [1.54, 1.807) is 4.90 Å². The van der Waals surface area contributed by atoms with Crippen LogP contribution < -0.4 is 5.32 Å². The highest BCUT2D eigenvalue weighted by Crippen LogP contribution is 2.11. The molecule has 74 valence electrons. The van der Waals surface area contributed by atoms with Gasteiger partial charge in [0.15, 0.2) is 0 Å². The summed E-state index contributed by atoms with van der Waals surface area (Å²) in [6, 6.07) is 0. The molecule has 4 nitrogen and oxygen atoms in total. The lowest BCUT2D eigenvalue weighted by atomic mass is 10.2. The van der Waals surface area contributed by atoms with Crippen LogP contribution in [0.4, 0.5) is 0 Å². The molecular weight excluding hydrogens is 178 g/mol. The third kappa shape index (κ3) is 1.69. The van der Waals surface area contributed by atoms with E-state index >= 15 is 0 Å². The SMILES string of the molecule is N=C1CCN(CC2=CCNC=C2)C1=O. The number of likely N-dealkylation sites (tertiary alicyclic amines) is 1. The molecule has 0 aromatic heterocycles. The minimum atomic E-state index is -0.113. The summed E-state index contributed by atoms with van der Waals surface area (Å²) in [5.41, 5.74) is 1.38. The van der Waals surface area contributed by atoms with Gasteiger partial charge in [-0.3, -0.25) is 10.2 Å². The van der Waals surface area contributed by atoms with E-state index in [2.05, 4.69) is 11.4 Å². The quantitative estimate of drug-likeness (QED) is 0.658. The number of hydrogen-bond donors (Lipinski definition) is 2. The zero-order valence-corrected chi connectivity index (χ0v) is 7.92. The molecule has 2 heterocycles. The zero-order valence-electron chi connectivity index (χ0n) is 7.92. The van der Waals surface area contributed by atoms with Crippen molar-refractivity contribution in [3.8, 4) is 0 Å². The van der Waals surface area contributed by atoms with Crippen LogP contribution in [0, 0.1) is 5.41 Å². The Bertz CT molecular complexity index is 330. The topological polar surface area (TPSA) is 56.2 Å². The zero-order chi connectivity index (χ0) is 9.97. The maximum Gasteiger partial charge on any atom is 0.267 e. The molecule has 0 unspecified atom stereocenters. The molecule has 0 aromatic rings. The number of carbonyl (C=O) groups is 1. The van der Waals surface area contributed by atoms with Gasteiger partial charge >= 0.3 is 0 Å². The van der Waals surface area contributed by atoms with Crippen molar-refractivity contribution in [3.05, 3.63) is 23.9 Å². The van der Waals surface area contributed by atoms with E-state index in [9.17, 15) is 4.79 Å². The van der Waals surface area contributed by atoms with Gasteiger partial charge in [-0.1, -0.05) is 6.08 Å². The van der Waals surface area contributed by atoms with Gasteiger partial charge in [0, 0.05) is 26.1 Å². The minimum Gasteiger partial charge on any atom is -0.387 e. The van der Waals surface area contributed by atoms with Crippen molar-refractivity contribution >= 4 is 11.6 Å². The molecule has 0 aliphatic carbocycles. The maximum absolute atomic E-state index is 11.4. The summed E-state index contributed by atoms with van der Waals surface area (Å²) in [6.45, 7) is 2.15. The number of nitrogens with zero attached hydrogens (tertiary/aromatic N) is 1. The molecule has 0 radical (unpaired) electrons. The molecule has 14 heavy (non-hydrogen) atoms. The van der Waals surface area contributed by atoms with Gasteiger partial charge < -0.3 is 10.2 Å². The van der Waals surface area contributed by atoms with Crippen molar-refractivity contribution in [1.29, 1.82) is 5.41 Å². The van der Waals surface area contributed by atoms with Gasteiger partial charge in [-0.15, -0.1) is 0 Å². The second-order valence-corrected chi connectivity index (χ2v) is 3.48. The van der Waals surface area contributed by atoms with Crippen molar-refractivity contribution in [2.24, 2.45) is 0 Å². The fourth-order valence-corrected chi connectivity index (χ4v) is 1.63. The van der Waals surface area contributed by atoms with Gasteiger partial charge in [-0.2, -0.15) is 0 Å². The van der Waals surface area contributed by atoms with Crippen LogP contribution in [0.2, 0.25) is 0 Å². The maximum atomic E-state index is 11.4. The molecule has 2 N–H and O–H groups in total. The average Bonchev–Trinajstić information content (AvgIpc) is 2.52. The van der Waals surface area contributed by atoms with E-state index in [0.29, 0.717) is 19.5 Å². The van der Waals surface area contributed by atoms with E-state index in [1.807, 2.05) is 12.3 Å². The van der Waals surface area contributed by atoms with Gasteiger partial charge in [0.25, 0.3) is 5.91 Å². The molecule has 0 saturated carbocycles. The highest BCUT2D eigenvalue weighted by molar-refractivity contribution is 6.39. The molecule has 0 spiro atoms. The standard InChI is InChI=1S/C10H13N3O/c11-9-3-6-13(10(9)14)7-8-1-4-12-5-2-8/h1-2,4,11-12H,3,5-7H2. The molecule has 1 saturated heterocycles. The summed E-state index contributed by atoms with van der Waals surface area (Å²) < 4.78 is 0. The molecule has 1 fully saturated rings. The van der Waals surface area contributed by atoms with Crippen LogP contribution in [0.1, 0.15) is 6.42 Å². The number of dihydropyridines is 1. The number of nitrogens with one attached hydrogen (secondary N) is 2. The summed E-state index contributed by atoms with van der Waals surface area (Å²) in [5.74, 6) is -0.113. The van der Waals surface area contributed by atoms with Gasteiger partial charge in [-0.25, -0.2) is 0 Å². The second kappa shape index (κ2) is 3.65. The Morgan fingerprint density at radius 3 is 3.00 bits per heavy atom. The molecule has 2 rings (SSSR count). The lowest BCUT2D eigenvalue weighted by Gasteiger charge is -2.17. The fraction of sp³-hybridized carbons (Fsp3) is 0.400. The molecule has 2 aliphatic heterocycles.